The predicted molar refractivity (Wildman–Crippen MR) is 34.3 cm³/mol. The van der Waals surface area contributed by atoms with Crippen LogP contribution in [-0.4, -0.2) is 11.1 Å². The molecule has 0 aliphatic heterocycles. The standard InChI is InChI=1S/C6H7ClO2/c1-3-2-4(3)5(7)6(8)9/h3H,2H2,1H3,(H,8,9)/b5-4-. The lowest BCUT2D eigenvalue weighted by Crippen LogP contribution is -1.93. The van der Waals surface area contributed by atoms with Gasteiger partial charge in [-0.1, -0.05) is 18.5 Å². The first-order chi connectivity index (χ1) is 4.13. The molecule has 50 valence electrons. The average molecular weight is 147 g/mol. The fourth-order valence-electron chi connectivity index (χ4n) is 0.714. The van der Waals surface area contributed by atoms with Gasteiger partial charge >= 0.3 is 5.97 Å². The monoisotopic (exact) mass is 146 g/mol. The molecule has 9 heavy (non-hydrogen) atoms. The van der Waals surface area contributed by atoms with Gasteiger partial charge in [-0.3, -0.25) is 0 Å². The van der Waals surface area contributed by atoms with Crippen LogP contribution in [0.4, 0.5) is 0 Å². The third-order valence-electron chi connectivity index (χ3n) is 1.43. The average Bonchev–Trinajstić information content (AvgIpc) is 2.44. The molecular weight excluding hydrogens is 140 g/mol. The van der Waals surface area contributed by atoms with Crippen LogP contribution in [0.15, 0.2) is 10.6 Å². The number of hydrogen-bond donors (Lipinski definition) is 1. The molecule has 1 fully saturated rings. The summed E-state index contributed by atoms with van der Waals surface area (Å²) >= 11 is 5.39. The van der Waals surface area contributed by atoms with E-state index < -0.39 is 5.97 Å². The van der Waals surface area contributed by atoms with Crippen molar-refractivity contribution in [2.75, 3.05) is 0 Å². The Morgan fingerprint density at radius 1 is 1.89 bits per heavy atom. The van der Waals surface area contributed by atoms with Gasteiger partial charge in [0.15, 0.2) is 0 Å². The molecule has 0 radical (unpaired) electrons. The van der Waals surface area contributed by atoms with E-state index in [4.69, 9.17) is 16.7 Å². The quantitative estimate of drug-likeness (QED) is 0.571. The van der Waals surface area contributed by atoms with Crippen LogP contribution in [0.25, 0.3) is 0 Å². The van der Waals surface area contributed by atoms with Crippen molar-refractivity contribution in [2.24, 2.45) is 5.92 Å². The molecule has 0 aromatic heterocycles. The zero-order chi connectivity index (χ0) is 7.02. The summed E-state index contributed by atoms with van der Waals surface area (Å²) in [5.74, 6) is -0.607. The van der Waals surface area contributed by atoms with Crippen molar-refractivity contribution in [3.05, 3.63) is 10.6 Å². The molecule has 1 N–H and O–H groups in total. The maximum Gasteiger partial charge on any atom is 0.347 e. The van der Waals surface area contributed by atoms with Crippen molar-refractivity contribution in [1.29, 1.82) is 0 Å². The largest absolute Gasteiger partial charge is 0.477 e. The van der Waals surface area contributed by atoms with Crippen LogP contribution in [0.3, 0.4) is 0 Å². The number of carboxylic acid groups (broad SMARTS) is 1. The molecule has 3 heteroatoms. The Morgan fingerprint density at radius 2 is 2.33 bits per heavy atom. The summed E-state index contributed by atoms with van der Waals surface area (Å²) < 4.78 is 0. The van der Waals surface area contributed by atoms with E-state index in [1.54, 1.807) is 0 Å². The summed E-state index contributed by atoms with van der Waals surface area (Å²) in [6, 6.07) is 0. The summed E-state index contributed by atoms with van der Waals surface area (Å²) in [5, 5.41) is 8.34. The van der Waals surface area contributed by atoms with Crippen LogP contribution in [0.2, 0.25) is 0 Å². The lowest BCUT2D eigenvalue weighted by molar-refractivity contribution is -0.131. The third-order valence-corrected chi connectivity index (χ3v) is 1.83. The van der Waals surface area contributed by atoms with Crippen LogP contribution in [0.1, 0.15) is 13.3 Å². The van der Waals surface area contributed by atoms with Gasteiger partial charge < -0.3 is 5.11 Å². The molecule has 0 saturated heterocycles. The summed E-state index contributed by atoms with van der Waals surface area (Å²) in [4.78, 5) is 10.1. The van der Waals surface area contributed by atoms with Crippen LogP contribution in [0.5, 0.6) is 0 Å². The number of carboxylic acids is 1. The van der Waals surface area contributed by atoms with E-state index in [0.29, 0.717) is 5.92 Å². The fourth-order valence-corrected chi connectivity index (χ4v) is 0.978. The third kappa shape index (κ3) is 1.24. The van der Waals surface area contributed by atoms with E-state index >= 15 is 0 Å². The first-order valence-corrected chi connectivity index (χ1v) is 3.12. The van der Waals surface area contributed by atoms with Crippen LogP contribution >= 0.6 is 11.6 Å². The molecule has 0 aromatic carbocycles. The van der Waals surface area contributed by atoms with Crippen molar-refractivity contribution in [3.63, 3.8) is 0 Å². The summed E-state index contributed by atoms with van der Waals surface area (Å²) in [5.41, 5.74) is 0.879. The van der Waals surface area contributed by atoms with E-state index in [1.165, 1.54) is 0 Å². The second-order valence-electron chi connectivity index (χ2n) is 2.25. The highest BCUT2D eigenvalue weighted by molar-refractivity contribution is 6.41. The minimum atomic E-state index is -1.00. The highest BCUT2D eigenvalue weighted by Crippen LogP contribution is 2.40. The second kappa shape index (κ2) is 2.03. The van der Waals surface area contributed by atoms with Crippen LogP contribution < -0.4 is 0 Å². The highest BCUT2D eigenvalue weighted by Gasteiger charge is 2.30. The van der Waals surface area contributed by atoms with Gasteiger partial charge in [-0.15, -0.1) is 0 Å². The molecule has 1 saturated carbocycles. The molecule has 0 heterocycles. The number of halogens is 1. The maximum absolute atomic E-state index is 10.1. The minimum absolute atomic E-state index is 0.0162. The van der Waals surface area contributed by atoms with E-state index in [1.807, 2.05) is 6.92 Å². The Labute approximate surface area is 58.1 Å². The minimum Gasteiger partial charge on any atom is -0.477 e. The normalized spacial score (nSPS) is 29.8. The molecule has 2 nitrogen and oxygen atoms in total. The number of hydrogen-bond acceptors (Lipinski definition) is 1. The lowest BCUT2D eigenvalue weighted by Gasteiger charge is -1.84. The van der Waals surface area contributed by atoms with Gasteiger partial charge in [0.25, 0.3) is 0 Å². The first-order valence-electron chi connectivity index (χ1n) is 2.74. The van der Waals surface area contributed by atoms with Crippen LogP contribution in [-0.2, 0) is 4.79 Å². The first kappa shape index (κ1) is 6.62. The highest BCUT2D eigenvalue weighted by atomic mass is 35.5. The van der Waals surface area contributed by atoms with Gasteiger partial charge in [0, 0.05) is 0 Å². The molecule has 0 spiro atoms. The summed E-state index contributed by atoms with van der Waals surface area (Å²) in [6.07, 6.45) is 0.852. The molecular formula is C6H7ClO2. The Hall–Kier alpha value is -0.500. The molecule has 0 aromatic rings. The Kier molecular flexibility index (Phi) is 1.49. The number of rotatable bonds is 1. The van der Waals surface area contributed by atoms with Crippen molar-refractivity contribution < 1.29 is 9.90 Å². The predicted octanol–water partition coefficient (Wildman–Crippen LogP) is 1.60. The van der Waals surface area contributed by atoms with Gasteiger partial charge in [-0.05, 0) is 17.9 Å². The van der Waals surface area contributed by atoms with Crippen molar-refractivity contribution >= 4 is 17.6 Å². The molecule has 0 amide bonds. The summed E-state index contributed by atoms with van der Waals surface area (Å²) in [7, 11) is 0. The Morgan fingerprint density at radius 3 is 2.44 bits per heavy atom. The molecule has 1 aliphatic rings. The second-order valence-corrected chi connectivity index (χ2v) is 2.63. The van der Waals surface area contributed by atoms with Gasteiger partial charge in [0.2, 0.25) is 0 Å². The van der Waals surface area contributed by atoms with Gasteiger partial charge in [-0.2, -0.15) is 0 Å². The van der Waals surface area contributed by atoms with E-state index in [9.17, 15) is 4.79 Å². The number of allylic oxidation sites excluding steroid dienone is 1. The van der Waals surface area contributed by atoms with E-state index in [-0.39, 0.29) is 5.03 Å². The van der Waals surface area contributed by atoms with Crippen molar-refractivity contribution in [1.82, 2.24) is 0 Å². The van der Waals surface area contributed by atoms with Gasteiger partial charge in [0.1, 0.15) is 5.03 Å². The van der Waals surface area contributed by atoms with Crippen LogP contribution in [0, 0.1) is 5.92 Å². The molecule has 1 rings (SSSR count). The van der Waals surface area contributed by atoms with Crippen molar-refractivity contribution in [2.45, 2.75) is 13.3 Å². The topological polar surface area (TPSA) is 37.3 Å². The Bertz CT molecular complexity index is 183. The number of carbonyl (C=O) groups is 1. The summed E-state index contributed by atoms with van der Waals surface area (Å²) in [6.45, 7) is 1.96. The fraction of sp³-hybridized carbons (Fsp3) is 0.500. The Balaban J connectivity index is 2.72. The molecule has 1 aliphatic carbocycles. The molecule has 1 unspecified atom stereocenters. The zero-order valence-electron chi connectivity index (χ0n) is 5.02. The van der Waals surface area contributed by atoms with E-state index in [0.717, 1.165) is 12.0 Å². The van der Waals surface area contributed by atoms with Crippen molar-refractivity contribution in [3.8, 4) is 0 Å². The zero-order valence-corrected chi connectivity index (χ0v) is 5.77. The SMILES string of the molecule is CC1C/C1=C(/Cl)C(=O)O. The van der Waals surface area contributed by atoms with Gasteiger partial charge in [-0.25, -0.2) is 4.79 Å². The molecule has 0 bridgehead atoms. The molecule has 1 atom stereocenters. The lowest BCUT2D eigenvalue weighted by atomic mass is 10.4. The van der Waals surface area contributed by atoms with E-state index in [2.05, 4.69) is 0 Å². The maximum atomic E-state index is 10.1. The van der Waals surface area contributed by atoms with Gasteiger partial charge in [0.05, 0.1) is 0 Å². The smallest absolute Gasteiger partial charge is 0.347 e. The number of aliphatic carboxylic acids is 1.